The van der Waals surface area contributed by atoms with Crippen molar-refractivity contribution in [3.8, 4) is 11.3 Å². The van der Waals surface area contributed by atoms with Crippen molar-refractivity contribution < 1.29 is 0 Å². The second kappa shape index (κ2) is 4.35. The highest BCUT2D eigenvalue weighted by molar-refractivity contribution is 6.33. The van der Waals surface area contributed by atoms with E-state index in [2.05, 4.69) is 10.2 Å². The van der Waals surface area contributed by atoms with Crippen LogP contribution in [0.3, 0.4) is 0 Å². The summed E-state index contributed by atoms with van der Waals surface area (Å²) in [5, 5.41) is 7.30. The lowest BCUT2D eigenvalue weighted by Crippen LogP contribution is -1.86. The van der Waals surface area contributed by atoms with Crippen LogP contribution in [0.1, 0.15) is 0 Å². The van der Waals surface area contributed by atoms with E-state index in [1.165, 1.54) is 0 Å². The molecule has 2 aromatic rings. The molecule has 0 saturated carbocycles. The van der Waals surface area contributed by atoms with Crippen LogP contribution in [-0.4, -0.2) is 10.2 Å². The summed E-state index contributed by atoms with van der Waals surface area (Å²) in [5.41, 5.74) is 7.94. The van der Waals surface area contributed by atoms with E-state index in [1.807, 2.05) is 24.3 Å². The number of nitrogens with one attached hydrogen (secondary N) is 1. The average molecular weight is 230 g/mol. The van der Waals surface area contributed by atoms with Gasteiger partial charge < -0.3 is 5.73 Å². The van der Waals surface area contributed by atoms with Crippen LogP contribution in [0.5, 0.6) is 0 Å². The van der Waals surface area contributed by atoms with Crippen LogP contribution in [0.2, 0.25) is 5.02 Å². The lowest BCUT2D eigenvalue weighted by Gasteiger charge is -2.01. The molecule has 1 aromatic carbocycles. The zero-order valence-corrected chi connectivity index (χ0v) is 8.77. The molecule has 2 rings (SSSR count). The second-order valence-corrected chi connectivity index (χ2v) is 3.09. The smallest absolute Gasteiger partial charge is 0.0894 e. The average Bonchev–Trinajstić information content (AvgIpc) is 2.52. The van der Waals surface area contributed by atoms with Crippen molar-refractivity contribution in [3.63, 3.8) is 0 Å². The third-order valence-electron chi connectivity index (χ3n) is 1.81. The molecule has 5 heteroatoms. The maximum atomic E-state index is 5.98. The van der Waals surface area contributed by atoms with Crippen molar-refractivity contribution in [2.45, 2.75) is 0 Å². The summed E-state index contributed by atoms with van der Waals surface area (Å²) >= 11 is 5.98. The van der Waals surface area contributed by atoms with Crippen LogP contribution in [0.15, 0.2) is 30.5 Å². The Morgan fingerprint density at radius 3 is 2.57 bits per heavy atom. The van der Waals surface area contributed by atoms with Crippen molar-refractivity contribution in [2.75, 3.05) is 5.73 Å². The molecule has 0 bridgehead atoms. The molecule has 74 valence electrons. The molecular formula is C9H9Cl2N3. The highest BCUT2D eigenvalue weighted by Gasteiger charge is 2.06. The first-order chi connectivity index (χ1) is 6.29. The van der Waals surface area contributed by atoms with E-state index in [1.54, 1.807) is 6.20 Å². The minimum absolute atomic E-state index is 0. The van der Waals surface area contributed by atoms with Crippen molar-refractivity contribution in [1.82, 2.24) is 10.2 Å². The number of hydrogen-bond donors (Lipinski definition) is 2. The summed E-state index contributed by atoms with van der Waals surface area (Å²) in [7, 11) is 0. The fourth-order valence-electron chi connectivity index (χ4n) is 1.18. The van der Waals surface area contributed by atoms with Crippen molar-refractivity contribution in [1.29, 1.82) is 0 Å². The molecule has 0 unspecified atom stereocenters. The molecule has 0 fully saturated rings. The van der Waals surface area contributed by atoms with Crippen LogP contribution in [0.25, 0.3) is 11.3 Å². The zero-order chi connectivity index (χ0) is 9.26. The van der Waals surface area contributed by atoms with Crippen molar-refractivity contribution in [3.05, 3.63) is 35.5 Å². The molecule has 0 spiro atoms. The van der Waals surface area contributed by atoms with Gasteiger partial charge in [-0.25, -0.2) is 0 Å². The van der Waals surface area contributed by atoms with Gasteiger partial charge in [-0.3, -0.25) is 5.10 Å². The summed E-state index contributed by atoms with van der Waals surface area (Å²) in [4.78, 5) is 0. The van der Waals surface area contributed by atoms with Gasteiger partial charge in [-0.1, -0.05) is 29.8 Å². The Balaban J connectivity index is 0.000000980. The molecule has 0 aliphatic rings. The van der Waals surface area contributed by atoms with Gasteiger partial charge in [0.25, 0.3) is 0 Å². The molecule has 1 aromatic heterocycles. The monoisotopic (exact) mass is 229 g/mol. The minimum Gasteiger partial charge on any atom is -0.396 e. The van der Waals surface area contributed by atoms with Crippen LogP contribution in [0, 0.1) is 0 Å². The van der Waals surface area contributed by atoms with Gasteiger partial charge in [-0.05, 0) is 6.07 Å². The molecule has 0 atom stereocenters. The molecule has 0 aliphatic carbocycles. The number of aromatic nitrogens is 2. The molecule has 0 aliphatic heterocycles. The number of benzene rings is 1. The van der Waals surface area contributed by atoms with E-state index in [9.17, 15) is 0 Å². The first-order valence-corrected chi connectivity index (χ1v) is 4.20. The number of aromatic amines is 1. The summed E-state index contributed by atoms with van der Waals surface area (Å²) in [5.74, 6) is 0. The number of rotatable bonds is 1. The van der Waals surface area contributed by atoms with Gasteiger partial charge in [0.1, 0.15) is 0 Å². The van der Waals surface area contributed by atoms with Gasteiger partial charge in [0.15, 0.2) is 0 Å². The quantitative estimate of drug-likeness (QED) is 0.791. The molecule has 3 N–H and O–H groups in total. The van der Waals surface area contributed by atoms with E-state index < -0.39 is 0 Å². The fourth-order valence-corrected chi connectivity index (χ4v) is 1.41. The number of nitrogen functional groups attached to an aromatic ring is 1. The number of anilines is 1. The van der Waals surface area contributed by atoms with E-state index in [4.69, 9.17) is 17.3 Å². The SMILES string of the molecule is Cl.Nc1cn[nH]c1-c1ccccc1Cl. The lowest BCUT2D eigenvalue weighted by molar-refractivity contribution is 1.10. The topological polar surface area (TPSA) is 54.7 Å². The van der Waals surface area contributed by atoms with E-state index in [0.29, 0.717) is 10.7 Å². The van der Waals surface area contributed by atoms with Gasteiger partial charge in [-0.15, -0.1) is 12.4 Å². The first-order valence-electron chi connectivity index (χ1n) is 3.83. The van der Waals surface area contributed by atoms with Gasteiger partial charge in [0.05, 0.1) is 22.6 Å². The van der Waals surface area contributed by atoms with Gasteiger partial charge in [-0.2, -0.15) is 5.10 Å². The third kappa shape index (κ3) is 1.84. The Hall–Kier alpha value is -1.19. The molecule has 3 nitrogen and oxygen atoms in total. The molecule has 0 saturated heterocycles. The van der Waals surface area contributed by atoms with E-state index in [-0.39, 0.29) is 12.4 Å². The number of nitrogens with two attached hydrogens (primary N) is 1. The van der Waals surface area contributed by atoms with Crippen LogP contribution in [0.4, 0.5) is 5.69 Å². The third-order valence-corrected chi connectivity index (χ3v) is 2.14. The van der Waals surface area contributed by atoms with E-state index in [0.717, 1.165) is 11.3 Å². The molecular weight excluding hydrogens is 221 g/mol. The van der Waals surface area contributed by atoms with Gasteiger partial charge >= 0.3 is 0 Å². The lowest BCUT2D eigenvalue weighted by atomic mass is 10.1. The number of H-pyrrole nitrogens is 1. The number of halogens is 2. The largest absolute Gasteiger partial charge is 0.396 e. The maximum absolute atomic E-state index is 5.98. The normalized spacial score (nSPS) is 9.50. The van der Waals surface area contributed by atoms with Crippen LogP contribution >= 0.6 is 24.0 Å². The minimum atomic E-state index is 0. The van der Waals surface area contributed by atoms with E-state index >= 15 is 0 Å². The predicted molar refractivity (Wildman–Crippen MR) is 60.7 cm³/mol. The molecule has 1 heterocycles. The summed E-state index contributed by atoms with van der Waals surface area (Å²) < 4.78 is 0. The van der Waals surface area contributed by atoms with Crippen molar-refractivity contribution in [2.24, 2.45) is 0 Å². The highest BCUT2D eigenvalue weighted by atomic mass is 35.5. The molecule has 0 radical (unpaired) electrons. The Morgan fingerprint density at radius 2 is 2.00 bits per heavy atom. The summed E-state index contributed by atoms with van der Waals surface area (Å²) in [6, 6.07) is 7.49. The number of hydrogen-bond acceptors (Lipinski definition) is 2. The summed E-state index contributed by atoms with van der Waals surface area (Å²) in [6.45, 7) is 0. The summed E-state index contributed by atoms with van der Waals surface area (Å²) in [6.07, 6.45) is 1.57. The highest BCUT2D eigenvalue weighted by Crippen LogP contribution is 2.29. The Labute approximate surface area is 92.7 Å². The predicted octanol–water partition coefficient (Wildman–Crippen LogP) is 2.73. The van der Waals surface area contributed by atoms with Crippen molar-refractivity contribution >= 4 is 29.7 Å². The zero-order valence-electron chi connectivity index (χ0n) is 7.20. The van der Waals surface area contributed by atoms with Gasteiger partial charge in [0.2, 0.25) is 0 Å². The number of nitrogens with zero attached hydrogens (tertiary/aromatic N) is 1. The maximum Gasteiger partial charge on any atom is 0.0894 e. The molecule has 0 amide bonds. The Morgan fingerprint density at radius 1 is 1.29 bits per heavy atom. The fraction of sp³-hybridized carbons (Fsp3) is 0. The first kappa shape index (κ1) is 10.9. The standard InChI is InChI=1S/C9H8ClN3.ClH/c10-7-4-2-1-3-6(7)9-8(11)5-12-13-9;/h1-5H,11H2,(H,12,13);1H. The van der Waals surface area contributed by atoms with Crippen LogP contribution < -0.4 is 5.73 Å². The Bertz CT molecular complexity index is 426. The second-order valence-electron chi connectivity index (χ2n) is 2.68. The van der Waals surface area contributed by atoms with Crippen LogP contribution in [-0.2, 0) is 0 Å². The molecule has 14 heavy (non-hydrogen) atoms. The Kier molecular flexibility index (Phi) is 3.38. The van der Waals surface area contributed by atoms with Gasteiger partial charge in [0, 0.05) is 5.56 Å².